The predicted molar refractivity (Wildman–Crippen MR) is 105 cm³/mol. The normalized spacial score (nSPS) is 10.6. The van der Waals surface area contributed by atoms with Crippen LogP contribution in [0.15, 0.2) is 42.5 Å². The summed E-state index contributed by atoms with van der Waals surface area (Å²) in [6, 6.07) is 12.2. The highest BCUT2D eigenvalue weighted by Crippen LogP contribution is 2.14. The smallest absolute Gasteiger partial charge is 0.484 e. The molecule has 2 aromatic carbocycles. The monoisotopic (exact) mass is 445 g/mol. The predicted octanol–water partition coefficient (Wildman–Crippen LogP) is 2.33. The molecule has 0 saturated carbocycles. The lowest BCUT2D eigenvalue weighted by molar-refractivity contribution is -0.192. The van der Waals surface area contributed by atoms with Crippen molar-refractivity contribution in [1.82, 2.24) is 10.6 Å². The van der Waals surface area contributed by atoms with Gasteiger partial charge >= 0.3 is 12.1 Å². The molecule has 0 aromatic heterocycles. The molecule has 0 aliphatic rings. The first kappa shape index (κ1) is 25.9. The van der Waals surface area contributed by atoms with Crippen molar-refractivity contribution >= 4 is 11.9 Å². The molecule has 0 fully saturated rings. The van der Waals surface area contributed by atoms with Gasteiger partial charge in [-0.2, -0.15) is 13.2 Å². The van der Waals surface area contributed by atoms with Crippen LogP contribution in [0.1, 0.15) is 16.7 Å². The van der Waals surface area contributed by atoms with Gasteiger partial charge in [0, 0.05) is 25.2 Å². The number of alkyl halides is 3. The van der Waals surface area contributed by atoms with E-state index in [1.807, 2.05) is 25.2 Å². The van der Waals surface area contributed by atoms with Crippen molar-refractivity contribution in [3.8, 4) is 5.75 Å². The number of hydrogen-bond donors (Lipinski definition) is 4. The first-order valence-electron chi connectivity index (χ1n) is 8.97. The lowest BCUT2D eigenvalue weighted by Gasteiger charge is -2.10. The number of hydrogen-bond acceptors (Lipinski definition) is 5. The zero-order valence-electron chi connectivity index (χ0n) is 16.6. The third kappa shape index (κ3) is 9.92. The molecular formula is C20H23F4N3O4. The summed E-state index contributed by atoms with van der Waals surface area (Å²) in [4.78, 5) is 20.7. The van der Waals surface area contributed by atoms with Crippen molar-refractivity contribution in [3.63, 3.8) is 0 Å². The number of rotatable bonds is 8. The van der Waals surface area contributed by atoms with E-state index in [9.17, 15) is 22.4 Å². The number of carboxylic acid groups (broad SMARTS) is 1. The molecule has 0 radical (unpaired) electrons. The molecule has 0 atom stereocenters. The second-order valence-electron chi connectivity index (χ2n) is 6.18. The standard InChI is InChI=1S/C18H22FN3O2.C2HF3O2/c1-21-10-14-3-2-4-16(7-14)24-12-18(23)22-11-15-6-5-13(9-20)8-17(15)19;3-2(4,5)1(6)7/h2-8,21H,9-12,20H2,1H3,(H,22,23);(H,6,7). The molecule has 2 rings (SSSR count). The largest absolute Gasteiger partial charge is 0.490 e. The van der Waals surface area contributed by atoms with Gasteiger partial charge in [-0.15, -0.1) is 0 Å². The van der Waals surface area contributed by atoms with Gasteiger partial charge in [-0.3, -0.25) is 4.79 Å². The zero-order chi connectivity index (χ0) is 23.4. The molecular weight excluding hydrogens is 422 g/mol. The average molecular weight is 445 g/mol. The summed E-state index contributed by atoms with van der Waals surface area (Å²) < 4.78 is 51.0. The van der Waals surface area contributed by atoms with E-state index >= 15 is 0 Å². The maximum Gasteiger partial charge on any atom is 0.490 e. The number of carbonyl (C=O) groups excluding carboxylic acids is 1. The van der Waals surface area contributed by atoms with Gasteiger partial charge in [0.2, 0.25) is 0 Å². The van der Waals surface area contributed by atoms with Crippen molar-refractivity contribution in [2.75, 3.05) is 13.7 Å². The van der Waals surface area contributed by atoms with E-state index in [1.54, 1.807) is 18.2 Å². The second kappa shape index (κ2) is 12.5. The van der Waals surface area contributed by atoms with E-state index in [-0.39, 0.29) is 31.4 Å². The quantitative estimate of drug-likeness (QED) is 0.464. The minimum absolute atomic E-state index is 0.110. The summed E-state index contributed by atoms with van der Waals surface area (Å²) in [7, 11) is 1.86. The average Bonchev–Trinajstić information content (AvgIpc) is 2.71. The van der Waals surface area contributed by atoms with Gasteiger partial charge in [-0.05, 0) is 36.4 Å². The SMILES string of the molecule is CNCc1cccc(OCC(=O)NCc2ccc(CN)cc2F)c1.O=C(O)C(F)(F)F. The van der Waals surface area contributed by atoms with Crippen LogP contribution < -0.4 is 21.1 Å². The van der Waals surface area contributed by atoms with Crippen LogP contribution >= 0.6 is 0 Å². The number of halogens is 4. The van der Waals surface area contributed by atoms with Crippen molar-refractivity contribution in [3.05, 3.63) is 65.0 Å². The lowest BCUT2D eigenvalue weighted by Crippen LogP contribution is -2.28. The Kier molecular flexibility index (Phi) is 10.4. The number of carbonyl (C=O) groups is 2. The third-order valence-electron chi connectivity index (χ3n) is 3.72. The van der Waals surface area contributed by atoms with E-state index in [2.05, 4.69) is 10.6 Å². The number of carboxylic acids is 1. The van der Waals surface area contributed by atoms with E-state index in [0.29, 0.717) is 16.9 Å². The second-order valence-corrected chi connectivity index (χ2v) is 6.18. The Morgan fingerprint density at radius 3 is 2.32 bits per heavy atom. The van der Waals surface area contributed by atoms with Gasteiger partial charge in [-0.25, -0.2) is 9.18 Å². The molecule has 0 saturated heterocycles. The Morgan fingerprint density at radius 1 is 1.10 bits per heavy atom. The highest BCUT2D eigenvalue weighted by molar-refractivity contribution is 5.77. The van der Waals surface area contributed by atoms with Gasteiger partial charge in [0.1, 0.15) is 11.6 Å². The number of ether oxygens (including phenoxy) is 1. The molecule has 170 valence electrons. The first-order chi connectivity index (χ1) is 14.6. The molecule has 0 spiro atoms. The number of aliphatic carboxylic acids is 1. The van der Waals surface area contributed by atoms with Crippen molar-refractivity contribution < 1.29 is 37.0 Å². The van der Waals surface area contributed by atoms with E-state index in [1.165, 1.54) is 6.07 Å². The van der Waals surface area contributed by atoms with Crippen LogP contribution in [0.4, 0.5) is 17.6 Å². The molecule has 0 aliphatic carbocycles. The Balaban J connectivity index is 0.000000592. The molecule has 0 heterocycles. The molecule has 7 nitrogen and oxygen atoms in total. The molecule has 2 aromatic rings. The number of amides is 1. The maximum atomic E-state index is 13.8. The van der Waals surface area contributed by atoms with Crippen LogP contribution in [0.2, 0.25) is 0 Å². The summed E-state index contributed by atoms with van der Waals surface area (Å²) in [6.07, 6.45) is -5.08. The van der Waals surface area contributed by atoms with Gasteiger partial charge in [0.15, 0.2) is 6.61 Å². The zero-order valence-corrected chi connectivity index (χ0v) is 16.6. The number of nitrogens with one attached hydrogen (secondary N) is 2. The van der Waals surface area contributed by atoms with Crippen molar-refractivity contribution in [2.45, 2.75) is 25.8 Å². The van der Waals surface area contributed by atoms with E-state index in [0.717, 1.165) is 12.1 Å². The van der Waals surface area contributed by atoms with Crippen LogP contribution in [0.25, 0.3) is 0 Å². The fraction of sp³-hybridized carbons (Fsp3) is 0.300. The van der Waals surface area contributed by atoms with Crippen LogP contribution in [0, 0.1) is 5.82 Å². The fourth-order valence-electron chi connectivity index (χ4n) is 2.20. The summed E-state index contributed by atoms with van der Waals surface area (Å²) in [6.45, 7) is 0.996. The molecule has 0 aliphatic heterocycles. The van der Waals surface area contributed by atoms with Crippen molar-refractivity contribution in [1.29, 1.82) is 0 Å². The Hall–Kier alpha value is -3.18. The topological polar surface area (TPSA) is 114 Å². The van der Waals surface area contributed by atoms with Gasteiger partial charge < -0.3 is 26.2 Å². The van der Waals surface area contributed by atoms with Crippen molar-refractivity contribution in [2.24, 2.45) is 5.73 Å². The summed E-state index contributed by atoms with van der Waals surface area (Å²) >= 11 is 0. The lowest BCUT2D eigenvalue weighted by atomic mass is 10.1. The molecule has 31 heavy (non-hydrogen) atoms. The van der Waals surface area contributed by atoms with Crippen LogP contribution in [0.3, 0.4) is 0 Å². The molecule has 5 N–H and O–H groups in total. The van der Waals surface area contributed by atoms with Gasteiger partial charge in [0.25, 0.3) is 5.91 Å². The summed E-state index contributed by atoms with van der Waals surface area (Å²) in [5.41, 5.74) is 7.65. The summed E-state index contributed by atoms with van der Waals surface area (Å²) in [5.74, 6) is -2.82. The van der Waals surface area contributed by atoms with E-state index in [4.69, 9.17) is 20.4 Å². The van der Waals surface area contributed by atoms with E-state index < -0.39 is 12.1 Å². The molecule has 11 heteroatoms. The molecule has 0 bridgehead atoms. The van der Waals surface area contributed by atoms with Gasteiger partial charge in [-0.1, -0.05) is 24.3 Å². The van der Waals surface area contributed by atoms with Crippen LogP contribution in [-0.4, -0.2) is 36.8 Å². The highest BCUT2D eigenvalue weighted by atomic mass is 19.4. The number of nitrogens with two attached hydrogens (primary N) is 1. The minimum atomic E-state index is -5.08. The summed E-state index contributed by atoms with van der Waals surface area (Å²) in [5, 5.41) is 12.8. The highest BCUT2D eigenvalue weighted by Gasteiger charge is 2.38. The third-order valence-corrected chi connectivity index (χ3v) is 3.72. The Morgan fingerprint density at radius 2 is 1.77 bits per heavy atom. The van der Waals surface area contributed by atoms with Crippen LogP contribution in [0.5, 0.6) is 5.75 Å². The van der Waals surface area contributed by atoms with Crippen LogP contribution in [-0.2, 0) is 29.2 Å². The maximum absolute atomic E-state index is 13.8. The Bertz CT molecular complexity index is 876. The number of benzene rings is 2. The first-order valence-corrected chi connectivity index (χ1v) is 8.97. The molecule has 1 amide bonds. The Labute approximate surface area is 176 Å². The fourth-order valence-corrected chi connectivity index (χ4v) is 2.20. The van der Waals surface area contributed by atoms with Gasteiger partial charge in [0.05, 0.1) is 0 Å². The molecule has 0 unspecified atom stereocenters. The minimum Gasteiger partial charge on any atom is -0.484 e.